The second kappa shape index (κ2) is 5.49. The van der Waals surface area contributed by atoms with Gasteiger partial charge in [0.25, 0.3) is 0 Å². The highest BCUT2D eigenvalue weighted by Crippen LogP contribution is 2.23. The van der Waals surface area contributed by atoms with Gasteiger partial charge in [0.15, 0.2) is 0 Å². The number of rotatable bonds is 4. The Kier molecular flexibility index (Phi) is 3.99. The minimum Gasteiger partial charge on any atom is -0.390 e. The number of nitrogens with zero attached hydrogens (tertiary/aromatic N) is 1. The highest BCUT2D eigenvalue weighted by Gasteiger charge is 2.17. The van der Waals surface area contributed by atoms with Crippen LogP contribution in [0, 0.1) is 0 Å². The summed E-state index contributed by atoms with van der Waals surface area (Å²) in [5.74, 6) is 0.551. The first kappa shape index (κ1) is 12.4. The zero-order valence-corrected chi connectivity index (χ0v) is 10.2. The molecule has 2 unspecified atom stereocenters. The van der Waals surface area contributed by atoms with Crippen LogP contribution in [0.2, 0.25) is 0 Å². The fourth-order valence-electron chi connectivity index (χ4n) is 1.80. The van der Waals surface area contributed by atoms with Gasteiger partial charge >= 0.3 is 0 Å². The van der Waals surface area contributed by atoms with Crippen LogP contribution in [0.1, 0.15) is 18.1 Å². The molecule has 0 aliphatic rings. The van der Waals surface area contributed by atoms with E-state index in [0.717, 1.165) is 16.3 Å². The molecule has 2 aromatic rings. The SMILES string of the molecule is OC(CCS)C(O)c1ccc2cnccc2c1. The van der Waals surface area contributed by atoms with Crippen molar-refractivity contribution in [2.45, 2.75) is 18.6 Å². The van der Waals surface area contributed by atoms with Gasteiger partial charge in [-0.1, -0.05) is 12.1 Å². The normalized spacial score (nSPS) is 14.8. The number of fused-ring (bicyclic) bond motifs is 1. The molecule has 90 valence electrons. The summed E-state index contributed by atoms with van der Waals surface area (Å²) < 4.78 is 0. The van der Waals surface area contributed by atoms with E-state index in [0.29, 0.717) is 12.2 Å². The Morgan fingerprint density at radius 3 is 2.76 bits per heavy atom. The molecule has 0 saturated heterocycles. The van der Waals surface area contributed by atoms with Crippen LogP contribution in [-0.4, -0.2) is 27.1 Å². The average molecular weight is 249 g/mol. The first-order valence-electron chi connectivity index (χ1n) is 5.53. The Morgan fingerprint density at radius 1 is 1.18 bits per heavy atom. The van der Waals surface area contributed by atoms with Crippen LogP contribution < -0.4 is 0 Å². The number of aliphatic hydroxyl groups is 2. The standard InChI is InChI=1S/C13H15NO2S/c15-12(4-6-17)13(16)10-1-2-11-8-14-5-3-9(11)7-10/h1-3,5,7-8,12-13,15-17H,4,6H2. The van der Waals surface area contributed by atoms with E-state index < -0.39 is 12.2 Å². The van der Waals surface area contributed by atoms with E-state index in [-0.39, 0.29) is 0 Å². The van der Waals surface area contributed by atoms with Crippen LogP contribution in [0.4, 0.5) is 0 Å². The third kappa shape index (κ3) is 2.77. The van der Waals surface area contributed by atoms with Crippen molar-refractivity contribution >= 4 is 23.4 Å². The van der Waals surface area contributed by atoms with Crippen LogP contribution >= 0.6 is 12.6 Å². The summed E-state index contributed by atoms with van der Waals surface area (Å²) in [5.41, 5.74) is 0.720. The summed E-state index contributed by atoms with van der Waals surface area (Å²) in [4.78, 5) is 4.03. The van der Waals surface area contributed by atoms with Crippen molar-refractivity contribution in [3.05, 3.63) is 42.2 Å². The van der Waals surface area contributed by atoms with Gasteiger partial charge in [0, 0.05) is 17.8 Å². The summed E-state index contributed by atoms with van der Waals surface area (Å²) >= 11 is 4.05. The maximum Gasteiger partial charge on any atom is 0.105 e. The van der Waals surface area contributed by atoms with Crippen molar-refractivity contribution in [3.63, 3.8) is 0 Å². The third-order valence-corrected chi connectivity index (χ3v) is 3.05. The quantitative estimate of drug-likeness (QED) is 0.726. The average Bonchev–Trinajstić information content (AvgIpc) is 2.37. The van der Waals surface area contributed by atoms with Crippen molar-refractivity contribution in [3.8, 4) is 0 Å². The van der Waals surface area contributed by atoms with Crippen molar-refractivity contribution in [2.75, 3.05) is 5.75 Å². The molecule has 3 nitrogen and oxygen atoms in total. The Morgan fingerprint density at radius 2 is 2.00 bits per heavy atom. The molecule has 0 saturated carbocycles. The summed E-state index contributed by atoms with van der Waals surface area (Å²) in [6.45, 7) is 0. The summed E-state index contributed by atoms with van der Waals surface area (Å²) in [7, 11) is 0. The van der Waals surface area contributed by atoms with E-state index in [9.17, 15) is 10.2 Å². The molecule has 1 heterocycles. The molecule has 1 aromatic heterocycles. The summed E-state index contributed by atoms with van der Waals surface area (Å²) in [6.07, 6.45) is 2.32. The topological polar surface area (TPSA) is 53.4 Å². The third-order valence-electron chi connectivity index (χ3n) is 2.80. The lowest BCUT2D eigenvalue weighted by atomic mass is 10.00. The number of pyridine rings is 1. The maximum atomic E-state index is 9.98. The number of thiol groups is 1. The molecule has 0 bridgehead atoms. The van der Waals surface area contributed by atoms with Gasteiger partial charge in [-0.15, -0.1) is 0 Å². The van der Waals surface area contributed by atoms with Gasteiger partial charge in [-0.2, -0.15) is 12.6 Å². The van der Waals surface area contributed by atoms with Gasteiger partial charge in [0.1, 0.15) is 6.10 Å². The largest absolute Gasteiger partial charge is 0.390 e. The Bertz CT molecular complexity index is 503. The molecule has 2 rings (SSSR count). The van der Waals surface area contributed by atoms with Crippen molar-refractivity contribution in [1.82, 2.24) is 4.98 Å². The Labute approximate surface area is 106 Å². The van der Waals surface area contributed by atoms with E-state index in [4.69, 9.17) is 0 Å². The van der Waals surface area contributed by atoms with E-state index in [1.807, 2.05) is 24.3 Å². The van der Waals surface area contributed by atoms with Gasteiger partial charge in [-0.05, 0) is 35.3 Å². The van der Waals surface area contributed by atoms with Crippen LogP contribution in [0.5, 0.6) is 0 Å². The number of hydrogen-bond acceptors (Lipinski definition) is 4. The summed E-state index contributed by atoms with van der Waals surface area (Å²) in [6, 6.07) is 7.48. The van der Waals surface area contributed by atoms with Crippen LogP contribution in [-0.2, 0) is 0 Å². The monoisotopic (exact) mass is 249 g/mol. The lowest BCUT2D eigenvalue weighted by Crippen LogP contribution is -2.18. The molecule has 2 atom stereocenters. The molecule has 1 aromatic carbocycles. The smallest absolute Gasteiger partial charge is 0.105 e. The number of benzene rings is 1. The second-order valence-electron chi connectivity index (χ2n) is 4.01. The summed E-state index contributed by atoms with van der Waals surface area (Å²) in [5, 5.41) is 21.7. The van der Waals surface area contributed by atoms with Crippen molar-refractivity contribution < 1.29 is 10.2 Å². The van der Waals surface area contributed by atoms with Crippen LogP contribution in [0.15, 0.2) is 36.7 Å². The molecular formula is C13H15NO2S. The van der Waals surface area contributed by atoms with Gasteiger partial charge in [-0.25, -0.2) is 0 Å². The van der Waals surface area contributed by atoms with E-state index in [2.05, 4.69) is 17.6 Å². The zero-order chi connectivity index (χ0) is 12.3. The highest BCUT2D eigenvalue weighted by atomic mass is 32.1. The predicted molar refractivity (Wildman–Crippen MR) is 71.2 cm³/mol. The molecule has 4 heteroatoms. The van der Waals surface area contributed by atoms with Crippen LogP contribution in [0.3, 0.4) is 0 Å². The van der Waals surface area contributed by atoms with Gasteiger partial charge in [-0.3, -0.25) is 4.98 Å². The number of aromatic nitrogens is 1. The first-order chi connectivity index (χ1) is 8.22. The molecule has 0 radical (unpaired) electrons. The number of hydrogen-bond donors (Lipinski definition) is 3. The van der Waals surface area contributed by atoms with Gasteiger partial charge in [0.05, 0.1) is 6.10 Å². The van der Waals surface area contributed by atoms with Crippen LogP contribution in [0.25, 0.3) is 10.8 Å². The Balaban J connectivity index is 2.29. The Hall–Kier alpha value is -1.10. The van der Waals surface area contributed by atoms with E-state index in [1.165, 1.54) is 0 Å². The van der Waals surface area contributed by atoms with E-state index >= 15 is 0 Å². The highest BCUT2D eigenvalue weighted by molar-refractivity contribution is 7.80. The molecule has 0 aliphatic heterocycles. The molecule has 0 fully saturated rings. The van der Waals surface area contributed by atoms with Crippen molar-refractivity contribution in [2.24, 2.45) is 0 Å². The van der Waals surface area contributed by atoms with Gasteiger partial charge in [0.2, 0.25) is 0 Å². The lowest BCUT2D eigenvalue weighted by molar-refractivity contribution is 0.0173. The number of aliphatic hydroxyl groups excluding tert-OH is 2. The first-order valence-corrected chi connectivity index (χ1v) is 6.16. The fourth-order valence-corrected chi connectivity index (χ4v) is 2.06. The molecule has 17 heavy (non-hydrogen) atoms. The fraction of sp³-hybridized carbons (Fsp3) is 0.308. The minimum absolute atomic E-state index is 0.471. The maximum absolute atomic E-state index is 9.98. The molecule has 0 amide bonds. The second-order valence-corrected chi connectivity index (χ2v) is 4.45. The molecular weight excluding hydrogens is 234 g/mol. The van der Waals surface area contributed by atoms with E-state index in [1.54, 1.807) is 12.4 Å². The molecule has 0 spiro atoms. The predicted octanol–water partition coefficient (Wildman–Crippen LogP) is 1.95. The molecule has 0 aliphatic carbocycles. The van der Waals surface area contributed by atoms with Gasteiger partial charge < -0.3 is 10.2 Å². The zero-order valence-electron chi connectivity index (χ0n) is 9.32. The minimum atomic E-state index is -0.861. The van der Waals surface area contributed by atoms with Crippen molar-refractivity contribution in [1.29, 1.82) is 0 Å². The lowest BCUT2D eigenvalue weighted by Gasteiger charge is -2.17. The molecule has 2 N–H and O–H groups in total.